The minimum absolute atomic E-state index is 0.184. The highest BCUT2D eigenvalue weighted by atomic mass is 19.1. The third-order valence-corrected chi connectivity index (χ3v) is 3.51. The van der Waals surface area contributed by atoms with Gasteiger partial charge in [0.15, 0.2) is 11.6 Å². The fraction of sp³-hybridized carbons (Fsp3) is 0.294. The second-order valence-corrected chi connectivity index (χ2v) is 5.11. The maximum atomic E-state index is 13.7. The molecule has 0 saturated carbocycles. The predicted molar refractivity (Wildman–Crippen MR) is 79.3 cm³/mol. The molecular formula is C17H19F2NO. The van der Waals surface area contributed by atoms with Gasteiger partial charge in [0.1, 0.15) is 5.82 Å². The Morgan fingerprint density at radius 3 is 2.19 bits per heavy atom. The summed E-state index contributed by atoms with van der Waals surface area (Å²) in [5.41, 5.74) is 7.71. The largest absolute Gasteiger partial charge is 0.494 e. The van der Waals surface area contributed by atoms with E-state index in [9.17, 15) is 8.78 Å². The molecule has 2 rings (SSSR count). The average Bonchev–Trinajstić information content (AvgIpc) is 2.49. The monoisotopic (exact) mass is 291 g/mol. The van der Waals surface area contributed by atoms with E-state index in [4.69, 9.17) is 10.5 Å². The van der Waals surface area contributed by atoms with Gasteiger partial charge in [-0.3, -0.25) is 0 Å². The van der Waals surface area contributed by atoms with Crippen LogP contribution in [0.5, 0.6) is 5.75 Å². The zero-order valence-electron chi connectivity index (χ0n) is 12.0. The Balaban J connectivity index is 2.05. The van der Waals surface area contributed by atoms with Crippen molar-refractivity contribution in [2.24, 2.45) is 11.7 Å². The van der Waals surface area contributed by atoms with Crippen molar-refractivity contribution in [1.82, 2.24) is 0 Å². The second kappa shape index (κ2) is 7.18. The summed E-state index contributed by atoms with van der Waals surface area (Å²) in [6.45, 7) is 0.491. The van der Waals surface area contributed by atoms with E-state index < -0.39 is 0 Å². The van der Waals surface area contributed by atoms with Crippen molar-refractivity contribution < 1.29 is 13.5 Å². The maximum Gasteiger partial charge on any atom is 0.165 e. The average molecular weight is 291 g/mol. The predicted octanol–water partition coefficient (Wildman–Crippen LogP) is 3.33. The smallest absolute Gasteiger partial charge is 0.165 e. The highest BCUT2D eigenvalue weighted by Gasteiger charge is 2.11. The summed E-state index contributed by atoms with van der Waals surface area (Å²) in [5, 5.41) is 0. The van der Waals surface area contributed by atoms with Crippen molar-refractivity contribution in [1.29, 1.82) is 0 Å². The van der Waals surface area contributed by atoms with Gasteiger partial charge >= 0.3 is 0 Å². The molecule has 0 amide bonds. The summed E-state index contributed by atoms with van der Waals surface area (Å²) in [6, 6.07) is 11.3. The molecule has 0 bridgehead atoms. The summed E-state index contributed by atoms with van der Waals surface area (Å²) >= 11 is 0. The number of hydrogen-bond donors (Lipinski definition) is 1. The van der Waals surface area contributed by atoms with E-state index >= 15 is 0 Å². The van der Waals surface area contributed by atoms with Crippen molar-refractivity contribution in [3.05, 3.63) is 65.2 Å². The molecule has 4 heteroatoms. The van der Waals surface area contributed by atoms with Crippen LogP contribution in [0.3, 0.4) is 0 Å². The number of methoxy groups -OCH3 is 1. The van der Waals surface area contributed by atoms with Crippen molar-refractivity contribution >= 4 is 0 Å². The van der Waals surface area contributed by atoms with Gasteiger partial charge < -0.3 is 10.5 Å². The van der Waals surface area contributed by atoms with Crippen LogP contribution in [0.4, 0.5) is 8.78 Å². The molecule has 2 aromatic rings. The maximum absolute atomic E-state index is 13.7. The van der Waals surface area contributed by atoms with Gasteiger partial charge in [-0.15, -0.1) is 0 Å². The number of rotatable bonds is 6. The number of ether oxygens (including phenoxy) is 1. The third kappa shape index (κ3) is 4.26. The highest BCUT2D eigenvalue weighted by Crippen LogP contribution is 2.21. The molecule has 112 valence electrons. The van der Waals surface area contributed by atoms with E-state index in [0.29, 0.717) is 13.0 Å². The van der Waals surface area contributed by atoms with E-state index in [1.54, 1.807) is 18.2 Å². The van der Waals surface area contributed by atoms with Crippen LogP contribution in [0, 0.1) is 17.6 Å². The fourth-order valence-electron chi connectivity index (χ4n) is 2.36. The van der Waals surface area contributed by atoms with E-state index in [1.165, 1.54) is 25.3 Å². The van der Waals surface area contributed by atoms with E-state index in [0.717, 1.165) is 17.5 Å². The molecule has 2 nitrogen and oxygen atoms in total. The Hall–Kier alpha value is -1.94. The zero-order chi connectivity index (χ0) is 15.2. The summed E-state index contributed by atoms with van der Waals surface area (Å²) in [5.74, 6) is -0.197. The molecule has 0 radical (unpaired) electrons. The molecule has 2 aromatic carbocycles. The van der Waals surface area contributed by atoms with Crippen LogP contribution >= 0.6 is 0 Å². The van der Waals surface area contributed by atoms with Crippen LogP contribution in [0.25, 0.3) is 0 Å². The van der Waals surface area contributed by atoms with Gasteiger partial charge in [0.25, 0.3) is 0 Å². The summed E-state index contributed by atoms with van der Waals surface area (Å²) in [4.78, 5) is 0. The summed E-state index contributed by atoms with van der Waals surface area (Å²) in [6.07, 6.45) is 1.42. The van der Waals surface area contributed by atoms with E-state index in [2.05, 4.69) is 0 Å². The van der Waals surface area contributed by atoms with Crippen LogP contribution in [-0.4, -0.2) is 13.7 Å². The normalized spacial score (nSPS) is 12.2. The molecular weight excluding hydrogens is 272 g/mol. The molecule has 0 saturated heterocycles. The topological polar surface area (TPSA) is 35.2 Å². The first-order chi connectivity index (χ1) is 10.1. The first-order valence-corrected chi connectivity index (χ1v) is 6.89. The molecule has 0 aliphatic rings. The SMILES string of the molecule is COc1ccc(CC(CN)Cc2ccc(F)cc2)cc1F. The summed E-state index contributed by atoms with van der Waals surface area (Å²) in [7, 11) is 1.44. The molecule has 0 aromatic heterocycles. The molecule has 1 atom stereocenters. The van der Waals surface area contributed by atoms with Crippen LogP contribution in [0.15, 0.2) is 42.5 Å². The van der Waals surface area contributed by atoms with Gasteiger partial charge in [-0.25, -0.2) is 8.78 Å². The standard InChI is InChI=1S/C17H19F2NO/c1-21-17-7-4-13(10-16(17)19)9-14(11-20)8-12-2-5-15(18)6-3-12/h2-7,10,14H,8-9,11,20H2,1H3. The third-order valence-electron chi connectivity index (χ3n) is 3.51. The van der Waals surface area contributed by atoms with Crippen molar-refractivity contribution in [2.45, 2.75) is 12.8 Å². The van der Waals surface area contributed by atoms with E-state index in [1.807, 2.05) is 6.07 Å². The van der Waals surface area contributed by atoms with Gasteiger partial charge in [0.05, 0.1) is 7.11 Å². The minimum atomic E-state index is -0.368. The molecule has 0 aliphatic carbocycles. The Morgan fingerprint density at radius 1 is 1.00 bits per heavy atom. The Morgan fingerprint density at radius 2 is 1.62 bits per heavy atom. The Kier molecular flexibility index (Phi) is 5.28. The number of halogens is 2. The first kappa shape index (κ1) is 15.4. The second-order valence-electron chi connectivity index (χ2n) is 5.11. The molecule has 0 heterocycles. The molecule has 0 fully saturated rings. The zero-order valence-corrected chi connectivity index (χ0v) is 12.0. The first-order valence-electron chi connectivity index (χ1n) is 6.89. The number of nitrogens with two attached hydrogens (primary N) is 1. The Labute approximate surface area is 123 Å². The number of benzene rings is 2. The van der Waals surface area contributed by atoms with Crippen molar-refractivity contribution in [3.63, 3.8) is 0 Å². The van der Waals surface area contributed by atoms with Gasteiger partial charge in [0, 0.05) is 0 Å². The Bertz CT molecular complexity index is 584. The molecule has 2 N–H and O–H groups in total. The molecule has 21 heavy (non-hydrogen) atoms. The molecule has 1 unspecified atom stereocenters. The molecule has 0 spiro atoms. The summed E-state index contributed by atoms with van der Waals surface area (Å²) < 4.78 is 31.5. The lowest BCUT2D eigenvalue weighted by atomic mass is 9.92. The highest BCUT2D eigenvalue weighted by molar-refractivity contribution is 5.29. The van der Waals surface area contributed by atoms with Gasteiger partial charge in [-0.2, -0.15) is 0 Å². The number of hydrogen-bond acceptors (Lipinski definition) is 2. The van der Waals surface area contributed by atoms with Gasteiger partial charge in [0.2, 0.25) is 0 Å². The lowest BCUT2D eigenvalue weighted by Crippen LogP contribution is -2.19. The lowest BCUT2D eigenvalue weighted by Gasteiger charge is -2.15. The molecule has 0 aliphatic heterocycles. The van der Waals surface area contributed by atoms with E-state index in [-0.39, 0.29) is 23.3 Å². The van der Waals surface area contributed by atoms with Crippen LogP contribution < -0.4 is 10.5 Å². The van der Waals surface area contributed by atoms with Crippen molar-refractivity contribution in [3.8, 4) is 5.75 Å². The van der Waals surface area contributed by atoms with Gasteiger partial charge in [-0.05, 0) is 60.7 Å². The van der Waals surface area contributed by atoms with Crippen LogP contribution in [-0.2, 0) is 12.8 Å². The van der Waals surface area contributed by atoms with Crippen LogP contribution in [0.2, 0.25) is 0 Å². The lowest BCUT2D eigenvalue weighted by molar-refractivity contribution is 0.385. The van der Waals surface area contributed by atoms with Gasteiger partial charge in [-0.1, -0.05) is 18.2 Å². The van der Waals surface area contributed by atoms with Crippen LogP contribution in [0.1, 0.15) is 11.1 Å². The fourth-order valence-corrected chi connectivity index (χ4v) is 2.36. The minimum Gasteiger partial charge on any atom is -0.494 e. The quantitative estimate of drug-likeness (QED) is 0.886. The van der Waals surface area contributed by atoms with Crippen molar-refractivity contribution in [2.75, 3.05) is 13.7 Å².